The molecule has 0 atom stereocenters. The first kappa shape index (κ1) is 10.4. The van der Waals surface area contributed by atoms with Crippen LogP contribution in [-0.4, -0.2) is 22.2 Å². The maximum absolute atomic E-state index is 10.0. The Morgan fingerprint density at radius 2 is 1.42 bits per heavy atom. The van der Waals surface area contributed by atoms with Crippen LogP contribution in [0.2, 0.25) is 0 Å². The molecule has 0 aromatic heterocycles. The second-order valence-corrected chi connectivity index (χ2v) is 2.25. The van der Waals surface area contributed by atoms with Crippen LogP contribution in [0, 0.1) is 5.92 Å². The van der Waals surface area contributed by atoms with E-state index in [4.69, 9.17) is 10.2 Å². The zero-order valence-electron chi connectivity index (χ0n) is 6.60. The Morgan fingerprint density at radius 1 is 1.08 bits per heavy atom. The van der Waals surface area contributed by atoms with E-state index in [-0.39, 0.29) is 5.92 Å². The molecule has 0 aliphatic carbocycles. The van der Waals surface area contributed by atoms with E-state index in [9.17, 15) is 9.59 Å². The Hall–Kier alpha value is -1.58. The Bertz CT molecular complexity index is 203. The molecule has 0 rings (SSSR count). The van der Waals surface area contributed by atoms with Gasteiger partial charge in [0, 0.05) is 12.2 Å². The summed E-state index contributed by atoms with van der Waals surface area (Å²) in [5.74, 6) is -2.26. The van der Waals surface area contributed by atoms with Gasteiger partial charge in [0.15, 0.2) is 0 Å². The first-order valence-electron chi connectivity index (χ1n) is 3.34. The third-order valence-electron chi connectivity index (χ3n) is 1.08. The second kappa shape index (κ2) is 5.12. The van der Waals surface area contributed by atoms with Crippen molar-refractivity contribution in [2.75, 3.05) is 0 Å². The summed E-state index contributed by atoms with van der Waals surface area (Å²) in [4.78, 5) is 20.0. The van der Waals surface area contributed by atoms with Gasteiger partial charge in [-0.15, -0.1) is 0 Å². The number of hydrogen-bond donors (Lipinski definition) is 2. The van der Waals surface area contributed by atoms with Crippen molar-refractivity contribution in [1.82, 2.24) is 0 Å². The lowest BCUT2D eigenvalue weighted by Gasteiger charge is -1.93. The maximum Gasteiger partial charge on any atom is 0.327 e. The van der Waals surface area contributed by atoms with Crippen molar-refractivity contribution in [3.05, 3.63) is 24.3 Å². The number of rotatable bonds is 4. The van der Waals surface area contributed by atoms with Crippen molar-refractivity contribution < 1.29 is 19.8 Å². The summed E-state index contributed by atoms with van der Waals surface area (Å²) in [5, 5.41) is 16.4. The van der Waals surface area contributed by atoms with Crippen LogP contribution in [0.4, 0.5) is 0 Å². The van der Waals surface area contributed by atoms with Gasteiger partial charge in [-0.2, -0.15) is 0 Å². The number of carbonyl (C=O) groups is 2. The van der Waals surface area contributed by atoms with Crippen LogP contribution in [0.5, 0.6) is 0 Å². The molecule has 0 spiro atoms. The van der Waals surface area contributed by atoms with Gasteiger partial charge in [-0.25, -0.2) is 9.59 Å². The summed E-state index contributed by atoms with van der Waals surface area (Å²) >= 11 is 0. The van der Waals surface area contributed by atoms with Gasteiger partial charge in [-0.05, 0) is 5.92 Å². The molecule has 0 fully saturated rings. The lowest BCUT2D eigenvalue weighted by Crippen LogP contribution is -1.92. The number of carboxylic acid groups (broad SMARTS) is 2. The second-order valence-electron chi connectivity index (χ2n) is 2.25. The van der Waals surface area contributed by atoms with Crippen LogP contribution in [-0.2, 0) is 9.59 Å². The summed E-state index contributed by atoms with van der Waals surface area (Å²) < 4.78 is 0. The van der Waals surface area contributed by atoms with Crippen LogP contribution in [0.15, 0.2) is 24.3 Å². The van der Waals surface area contributed by atoms with E-state index in [1.807, 2.05) is 0 Å². The van der Waals surface area contributed by atoms with Gasteiger partial charge in [0.25, 0.3) is 0 Å². The van der Waals surface area contributed by atoms with Crippen LogP contribution < -0.4 is 0 Å². The van der Waals surface area contributed by atoms with Crippen molar-refractivity contribution >= 4 is 11.9 Å². The van der Waals surface area contributed by atoms with Crippen LogP contribution in [0.25, 0.3) is 0 Å². The van der Waals surface area contributed by atoms with E-state index in [1.165, 1.54) is 12.2 Å². The molecule has 0 aliphatic rings. The Morgan fingerprint density at radius 3 is 1.67 bits per heavy atom. The predicted molar refractivity (Wildman–Crippen MR) is 42.7 cm³/mol. The van der Waals surface area contributed by atoms with E-state index < -0.39 is 11.9 Å². The SMILES string of the molecule is CC(C=CC(=O)O)C=CC(=O)O. The molecule has 0 amide bonds. The summed E-state index contributed by atoms with van der Waals surface area (Å²) in [6, 6.07) is 0. The van der Waals surface area contributed by atoms with E-state index in [0.717, 1.165) is 12.2 Å². The number of hydrogen-bond acceptors (Lipinski definition) is 2. The van der Waals surface area contributed by atoms with E-state index in [2.05, 4.69) is 0 Å². The molecule has 0 aromatic rings. The fraction of sp³-hybridized carbons (Fsp3) is 0.250. The molecule has 0 aliphatic heterocycles. The molecule has 0 unspecified atom stereocenters. The normalized spacial score (nSPS) is 13.8. The first-order valence-corrected chi connectivity index (χ1v) is 3.34. The Labute approximate surface area is 69.8 Å². The largest absolute Gasteiger partial charge is 0.478 e. The number of allylic oxidation sites excluding steroid dienone is 2. The molecule has 0 aromatic carbocycles. The Kier molecular flexibility index (Phi) is 4.45. The standard InChI is InChI=1S/C8H10O4/c1-6(2-4-7(9)10)3-5-8(11)12/h2-6H,1H3,(H,9,10)(H,11,12). The lowest BCUT2D eigenvalue weighted by molar-refractivity contribution is -0.132. The zero-order chi connectivity index (χ0) is 9.56. The van der Waals surface area contributed by atoms with Crippen molar-refractivity contribution in [2.24, 2.45) is 5.92 Å². The highest BCUT2D eigenvalue weighted by Gasteiger charge is 1.93. The molecule has 12 heavy (non-hydrogen) atoms. The van der Waals surface area contributed by atoms with Gasteiger partial charge in [0.2, 0.25) is 0 Å². The highest BCUT2D eigenvalue weighted by molar-refractivity contribution is 5.80. The zero-order valence-corrected chi connectivity index (χ0v) is 6.60. The lowest BCUT2D eigenvalue weighted by atomic mass is 10.1. The van der Waals surface area contributed by atoms with Gasteiger partial charge in [0.05, 0.1) is 0 Å². The Balaban J connectivity index is 3.97. The van der Waals surface area contributed by atoms with Gasteiger partial charge < -0.3 is 10.2 Å². The average Bonchev–Trinajstić information content (AvgIpc) is 1.96. The molecule has 0 saturated heterocycles. The van der Waals surface area contributed by atoms with E-state index in [0.29, 0.717) is 0 Å². The molecular weight excluding hydrogens is 160 g/mol. The molecule has 2 N–H and O–H groups in total. The molecule has 4 heteroatoms. The topological polar surface area (TPSA) is 74.6 Å². The predicted octanol–water partition coefficient (Wildman–Crippen LogP) is 0.904. The molecule has 4 nitrogen and oxygen atoms in total. The third-order valence-corrected chi connectivity index (χ3v) is 1.08. The maximum atomic E-state index is 10.0. The van der Waals surface area contributed by atoms with Gasteiger partial charge in [0.1, 0.15) is 0 Å². The summed E-state index contributed by atoms with van der Waals surface area (Å²) in [5.41, 5.74) is 0. The molecule has 0 saturated carbocycles. The fourth-order valence-corrected chi connectivity index (χ4v) is 0.532. The smallest absolute Gasteiger partial charge is 0.327 e. The summed E-state index contributed by atoms with van der Waals surface area (Å²) in [7, 11) is 0. The highest BCUT2D eigenvalue weighted by Crippen LogP contribution is 1.98. The van der Waals surface area contributed by atoms with E-state index in [1.54, 1.807) is 6.92 Å². The van der Waals surface area contributed by atoms with Crippen LogP contribution in [0.1, 0.15) is 6.92 Å². The fourth-order valence-electron chi connectivity index (χ4n) is 0.532. The van der Waals surface area contributed by atoms with Crippen LogP contribution >= 0.6 is 0 Å². The quantitative estimate of drug-likeness (QED) is 0.615. The summed E-state index contributed by atoms with van der Waals surface area (Å²) in [6.07, 6.45) is 4.78. The van der Waals surface area contributed by atoms with Crippen molar-refractivity contribution in [2.45, 2.75) is 6.92 Å². The van der Waals surface area contributed by atoms with Crippen molar-refractivity contribution in [1.29, 1.82) is 0 Å². The van der Waals surface area contributed by atoms with Crippen LogP contribution in [0.3, 0.4) is 0 Å². The minimum Gasteiger partial charge on any atom is -0.478 e. The van der Waals surface area contributed by atoms with Gasteiger partial charge >= 0.3 is 11.9 Å². The average molecular weight is 170 g/mol. The van der Waals surface area contributed by atoms with Crippen molar-refractivity contribution in [3.8, 4) is 0 Å². The third kappa shape index (κ3) is 6.54. The summed E-state index contributed by atoms with van der Waals surface area (Å²) in [6.45, 7) is 1.69. The molecule has 0 bridgehead atoms. The molecule has 0 heterocycles. The molecular formula is C8H10O4. The van der Waals surface area contributed by atoms with E-state index >= 15 is 0 Å². The van der Waals surface area contributed by atoms with Crippen molar-refractivity contribution in [3.63, 3.8) is 0 Å². The minimum absolute atomic E-state index is 0.183. The monoisotopic (exact) mass is 170 g/mol. The molecule has 0 radical (unpaired) electrons. The minimum atomic E-state index is -1.04. The first-order chi connectivity index (χ1) is 5.52. The van der Waals surface area contributed by atoms with Gasteiger partial charge in [-0.1, -0.05) is 19.1 Å². The molecule has 66 valence electrons. The number of aliphatic carboxylic acids is 2. The van der Waals surface area contributed by atoms with Gasteiger partial charge in [-0.3, -0.25) is 0 Å². The number of carboxylic acids is 2. The highest BCUT2D eigenvalue weighted by atomic mass is 16.4.